The molecule has 2 aromatic heterocycles. The first-order chi connectivity index (χ1) is 10.6. The quantitative estimate of drug-likeness (QED) is 0.812. The maximum Gasteiger partial charge on any atom is 0.341 e. The molecule has 1 unspecified atom stereocenters. The van der Waals surface area contributed by atoms with Crippen LogP contribution in [-0.2, 0) is 11.3 Å². The molecule has 8 nitrogen and oxygen atoms in total. The van der Waals surface area contributed by atoms with Crippen molar-refractivity contribution in [2.75, 3.05) is 11.9 Å². The largest absolute Gasteiger partial charge is 0.462 e. The number of hydrogen-bond donors (Lipinski definition) is 1. The van der Waals surface area contributed by atoms with Gasteiger partial charge in [-0.3, -0.25) is 0 Å². The van der Waals surface area contributed by atoms with Crippen molar-refractivity contribution in [3.05, 3.63) is 29.6 Å². The number of nitrogens with zero attached hydrogens (tertiary/aromatic N) is 5. The maximum absolute atomic E-state index is 11.7. The molecule has 0 aliphatic heterocycles. The third-order valence-electron chi connectivity index (χ3n) is 3.15. The van der Waals surface area contributed by atoms with E-state index in [4.69, 9.17) is 4.74 Å². The Labute approximate surface area is 128 Å². The van der Waals surface area contributed by atoms with Crippen LogP contribution in [0.1, 0.15) is 48.7 Å². The van der Waals surface area contributed by atoms with Crippen molar-refractivity contribution in [2.45, 2.75) is 40.3 Å². The molecule has 22 heavy (non-hydrogen) atoms. The van der Waals surface area contributed by atoms with Crippen LogP contribution in [0.2, 0.25) is 0 Å². The summed E-state index contributed by atoms with van der Waals surface area (Å²) < 4.78 is 6.76. The first-order valence-electron chi connectivity index (χ1n) is 7.21. The Morgan fingerprint density at radius 2 is 2.18 bits per heavy atom. The minimum Gasteiger partial charge on any atom is -0.462 e. The van der Waals surface area contributed by atoms with Crippen LogP contribution < -0.4 is 5.32 Å². The summed E-state index contributed by atoms with van der Waals surface area (Å²) in [7, 11) is 0. The fraction of sp³-hybridized carbons (Fsp3) is 0.500. The molecule has 1 N–H and O–H groups in total. The van der Waals surface area contributed by atoms with E-state index in [1.54, 1.807) is 18.5 Å². The molecule has 0 aromatic carbocycles. The number of aryl methyl sites for hydroxylation is 2. The van der Waals surface area contributed by atoms with E-state index in [0.29, 0.717) is 23.8 Å². The molecule has 0 saturated carbocycles. The molecule has 0 bridgehead atoms. The van der Waals surface area contributed by atoms with Crippen molar-refractivity contribution < 1.29 is 9.53 Å². The van der Waals surface area contributed by atoms with Gasteiger partial charge in [0.1, 0.15) is 12.2 Å². The Balaban J connectivity index is 2.14. The SMILES string of the molecule is CCOC(=O)c1cnc(NC(C)c2ncnn2CC)nc1C. The van der Waals surface area contributed by atoms with Gasteiger partial charge in [-0.05, 0) is 27.7 Å². The van der Waals surface area contributed by atoms with Crippen LogP contribution in [0, 0.1) is 6.92 Å². The first kappa shape index (κ1) is 15.9. The molecule has 1 atom stereocenters. The van der Waals surface area contributed by atoms with E-state index in [9.17, 15) is 4.79 Å². The second-order valence-electron chi connectivity index (χ2n) is 4.71. The number of carbonyl (C=O) groups is 1. The van der Waals surface area contributed by atoms with E-state index in [-0.39, 0.29) is 6.04 Å². The molecule has 0 saturated heterocycles. The summed E-state index contributed by atoms with van der Waals surface area (Å²) in [6.07, 6.45) is 2.99. The van der Waals surface area contributed by atoms with Crippen LogP contribution in [0.4, 0.5) is 5.95 Å². The van der Waals surface area contributed by atoms with Gasteiger partial charge < -0.3 is 10.1 Å². The number of anilines is 1. The van der Waals surface area contributed by atoms with E-state index >= 15 is 0 Å². The number of esters is 1. The van der Waals surface area contributed by atoms with Crippen molar-refractivity contribution in [3.63, 3.8) is 0 Å². The Morgan fingerprint density at radius 3 is 2.82 bits per heavy atom. The van der Waals surface area contributed by atoms with Crippen LogP contribution in [0.15, 0.2) is 12.5 Å². The number of nitrogens with one attached hydrogen (secondary N) is 1. The summed E-state index contributed by atoms with van der Waals surface area (Å²) in [4.78, 5) is 24.4. The molecule has 2 rings (SSSR count). The van der Waals surface area contributed by atoms with Gasteiger partial charge in [0, 0.05) is 12.7 Å². The van der Waals surface area contributed by atoms with Crippen LogP contribution in [0.5, 0.6) is 0 Å². The smallest absolute Gasteiger partial charge is 0.341 e. The molecular formula is C14H20N6O2. The second kappa shape index (κ2) is 6.97. The van der Waals surface area contributed by atoms with Crippen molar-refractivity contribution in [1.82, 2.24) is 24.7 Å². The van der Waals surface area contributed by atoms with Gasteiger partial charge >= 0.3 is 5.97 Å². The van der Waals surface area contributed by atoms with Crippen molar-refractivity contribution in [3.8, 4) is 0 Å². The standard InChI is InChI=1S/C14H20N6O2/c1-5-20-12(16-8-17-20)10(4)19-14-15-7-11(9(3)18-14)13(21)22-6-2/h7-8,10H,5-6H2,1-4H3,(H,15,18,19). The predicted molar refractivity (Wildman–Crippen MR) is 80.5 cm³/mol. The van der Waals surface area contributed by atoms with Crippen LogP contribution in [0.25, 0.3) is 0 Å². The average Bonchev–Trinajstić information content (AvgIpc) is 2.96. The van der Waals surface area contributed by atoms with E-state index in [2.05, 4.69) is 25.4 Å². The van der Waals surface area contributed by atoms with Gasteiger partial charge in [-0.25, -0.2) is 24.4 Å². The molecule has 8 heteroatoms. The third kappa shape index (κ3) is 3.38. The minimum absolute atomic E-state index is 0.102. The summed E-state index contributed by atoms with van der Waals surface area (Å²) in [6, 6.07) is -0.102. The van der Waals surface area contributed by atoms with E-state index in [0.717, 1.165) is 12.4 Å². The van der Waals surface area contributed by atoms with E-state index < -0.39 is 5.97 Å². The van der Waals surface area contributed by atoms with Crippen molar-refractivity contribution in [2.24, 2.45) is 0 Å². The molecule has 0 spiro atoms. The summed E-state index contributed by atoms with van der Waals surface area (Å²) in [5.74, 6) is 0.826. The number of rotatable bonds is 6. The van der Waals surface area contributed by atoms with Gasteiger partial charge in [0.2, 0.25) is 5.95 Å². The maximum atomic E-state index is 11.7. The molecule has 0 amide bonds. The van der Waals surface area contributed by atoms with Gasteiger partial charge in [-0.15, -0.1) is 0 Å². The van der Waals surface area contributed by atoms with E-state index in [1.807, 2.05) is 13.8 Å². The molecular weight excluding hydrogens is 284 g/mol. The molecule has 2 aromatic rings. The minimum atomic E-state index is -0.412. The zero-order valence-corrected chi connectivity index (χ0v) is 13.2. The molecule has 0 aliphatic rings. The second-order valence-corrected chi connectivity index (χ2v) is 4.71. The fourth-order valence-corrected chi connectivity index (χ4v) is 2.06. The lowest BCUT2D eigenvalue weighted by molar-refractivity contribution is 0.0524. The molecule has 0 fully saturated rings. The van der Waals surface area contributed by atoms with Crippen molar-refractivity contribution >= 4 is 11.9 Å². The summed E-state index contributed by atoms with van der Waals surface area (Å²) >= 11 is 0. The number of aromatic nitrogens is 5. The Kier molecular flexibility index (Phi) is 5.03. The van der Waals surface area contributed by atoms with Gasteiger partial charge in [0.15, 0.2) is 0 Å². The monoisotopic (exact) mass is 304 g/mol. The highest BCUT2D eigenvalue weighted by molar-refractivity contribution is 5.90. The lowest BCUT2D eigenvalue weighted by Crippen LogP contribution is -2.17. The Hall–Kier alpha value is -2.51. The number of ether oxygens (including phenoxy) is 1. The normalized spacial score (nSPS) is 12.0. The topological polar surface area (TPSA) is 94.8 Å². The summed E-state index contributed by atoms with van der Waals surface area (Å²) in [5.41, 5.74) is 0.942. The molecule has 118 valence electrons. The molecule has 0 aliphatic carbocycles. The lowest BCUT2D eigenvalue weighted by atomic mass is 10.2. The van der Waals surface area contributed by atoms with Gasteiger partial charge in [0.25, 0.3) is 0 Å². The van der Waals surface area contributed by atoms with Crippen LogP contribution >= 0.6 is 0 Å². The van der Waals surface area contributed by atoms with Crippen LogP contribution in [-0.4, -0.2) is 37.3 Å². The number of hydrogen-bond acceptors (Lipinski definition) is 7. The lowest BCUT2D eigenvalue weighted by Gasteiger charge is -2.14. The third-order valence-corrected chi connectivity index (χ3v) is 3.15. The Bertz CT molecular complexity index is 655. The van der Waals surface area contributed by atoms with E-state index in [1.165, 1.54) is 12.5 Å². The molecule has 2 heterocycles. The predicted octanol–water partition coefficient (Wildman–Crippen LogP) is 1.75. The average molecular weight is 304 g/mol. The zero-order chi connectivity index (χ0) is 16.1. The molecule has 0 radical (unpaired) electrons. The fourth-order valence-electron chi connectivity index (χ4n) is 2.06. The summed E-state index contributed by atoms with van der Waals surface area (Å²) in [6.45, 7) is 8.52. The van der Waals surface area contributed by atoms with Gasteiger partial charge in [0.05, 0.1) is 23.9 Å². The first-order valence-corrected chi connectivity index (χ1v) is 7.21. The number of carbonyl (C=O) groups excluding carboxylic acids is 1. The van der Waals surface area contributed by atoms with Gasteiger partial charge in [-0.1, -0.05) is 0 Å². The highest BCUT2D eigenvalue weighted by atomic mass is 16.5. The highest BCUT2D eigenvalue weighted by Crippen LogP contribution is 2.15. The van der Waals surface area contributed by atoms with Gasteiger partial charge in [-0.2, -0.15) is 5.10 Å². The summed E-state index contributed by atoms with van der Waals surface area (Å²) in [5, 5.41) is 7.30. The van der Waals surface area contributed by atoms with Crippen LogP contribution in [0.3, 0.4) is 0 Å². The Morgan fingerprint density at radius 1 is 1.41 bits per heavy atom. The zero-order valence-electron chi connectivity index (χ0n) is 13.2. The van der Waals surface area contributed by atoms with Crippen molar-refractivity contribution in [1.29, 1.82) is 0 Å². The highest BCUT2D eigenvalue weighted by Gasteiger charge is 2.16.